The fraction of sp³-hybridized carbons (Fsp3) is 0.625. The van der Waals surface area contributed by atoms with Crippen molar-refractivity contribution in [3.63, 3.8) is 0 Å². The lowest BCUT2D eigenvalue weighted by Gasteiger charge is -2.37. The summed E-state index contributed by atoms with van der Waals surface area (Å²) in [4.78, 5) is 13.5. The molecule has 0 unspecified atom stereocenters. The Hall–Kier alpha value is -2.08. The first-order valence-electron chi connectivity index (χ1n) is 11.3. The number of hydrogen-bond acceptors (Lipinski definition) is 5. The molecule has 0 radical (unpaired) electrons. The topological polar surface area (TPSA) is 87.2 Å². The highest BCUT2D eigenvalue weighted by atomic mass is 32.2. The van der Waals surface area contributed by atoms with Crippen LogP contribution in [0, 0.1) is 23.7 Å². The number of amides is 1. The number of carbonyl (C=O) groups excluding carboxylic acids is 1. The maximum atomic E-state index is 13.5. The minimum Gasteiger partial charge on any atom is -0.487 e. The zero-order valence-electron chi connectivity index (χ0n) is 19.4. The van der Waals surface area contributed by atoms with Gasteiger partial charge in [0.05, 0.1) is 13.2 Å². The Labute approximate surface area is 191 Å². The maximum Gasteiger partial charge on any atom is 0.247 e. The minimum atomic E-state index is -3.88. The molecule has 1 fully saturated rings. The van der Waals surface area contributed by atoms with Gasteiger partial charge in [0, 0.05) is 44.0 Å². The van der Waals surface area contributed by atoms with E-state index in [0.29, 0.717) is 18.0 Å². The average molecular weight is 463 g/mol. The highest BCUT2D eigenvalue weighted by molar-refractivity contribution is 7.89. The Morgan fingerprint density at radius 2 is 2.03 bits per heavy atom. The second-order valence-electron chi connectivity index (χ2n) is 9.05. The Morgan fingerprint density at radius 1 is 1.34 bits per heavy atom. The van der Waals surface area contributed by atoms with Crippen molar-refractivity contribution in [3.05, 3.63) is 23.8 Å². The summed E-state index contributed by atoms with van der Waals surface area (Å²) in [6.45, 7) is 5.30. The van der Waals surface area contributed by atoms with E-state index in [2.05, 4.69) is 11.8 Å². The lowest BCUT2D eigenvalue weighted by molar-refractivity contribution is -0.129. The fourth-order valence-electron chi connectivity index (χ4n) is 4.18. The van der Waals surface area contributed by atoms with E-state index in [-0.39, 0.29) is 35.6 Å². The normalized spacial score (nSPS) is 24.3. The molecule has 1 saturated carbocycles. The van der Waals surface area contributed by atoms with Crippen molar-refractivity contribution >= 4 is 15.9 Å². The first-order chi connectivity index (χ1) is 15.1. The maximum absolute atomic E-state index is 13.5. The highest BCUT2D eigenvalue weighted by Crippen LogP contribution is 2.34. The molecule has 1 heterocycles. The van der Waals surface area contributed by atoms with Gasteiger partial charge in [-0.2, -0.15) is 4.31 Å². The van der Waals surface area contributed by atoms with Crippen molar-refractivity contribution in [2.75, 3.05) is 26.7 Å². The molecule has 0 aromatic heterocycles. The number of carbonyl (C=O) groups is 1. The molecule has 32 heavy (non-hydrogen) atoms. The zero-order chi connectivity index (χ0) is 23.5. The van der Waals surface area contributed by atoms with Gasteiger partial charge in [0.2, 0.25) is 15.9 Å². The molecule has 1 aromatic rings. The van der Waals surface area contributed by atoms with Gasteiger partial charge in [-0.15, -0.1) is 0 Å². The van der Waals surface area contributed by atoms with Gasteiger partial charge in [0.15, 0.2) is 0 Å². The summed E-state index contributed by atoms with van der Waals surface area (Å²) in [7, 11) is -2.18. The lowest BCUT2D eigenvalue weighted by atomic mass is 10.0. The molecule has 1 aliphatic carbocycles. The molecule has 3 atom stereocenters. The molecule has 1 amide bonds. The van der Waals surface area contributed by atoms with Gasteiger partial charge in [-0.25, -0.2) is 8.42 Å². The molecule has 0 bridgehead atoms. The van der Waals surface area contributed by atoms with Crippen molar-refractivity contribution in [2.45, 2.75) is 63.5 Å². The van der Waals surface area contributed by atoms with Crippen LogP contribution in [0.4, 0.5) is 0 Å². The summed E-state index contributed by atoms with van der Waals surface area (Å²) >= 11 is 0. The third-order valence-electron chi connectivity index (χ3n) is 6.43. The molecule has 0 saturated heterocycles. The van der Waals surface area contributed by atoms with Crippen LogP contribution >= 0.6 is 0 Å². The number of fused-ring (bicyclic) bond motifs is 1. The van der Waals surface area contributed by atoms with Crippen LogP contribution in [0.3, 0.4) is 0 Å². The van der Waals surface area contributed by atoms with E-state index in [9.17, 15) is 18.3 Å². The van der Waals surface area contributed by atoms with Gasteiger partial charge < -0.3 is 14.7 Å². The van der Waals surface area contributed by atoms with Crippen molar-refractivity contribution < 1.29 is 23.1 Å². The summed E-state index contributed by atoms with van der Waals surface area (Å²) in [5.41, 5.74) is 0.708. The third-order valence-corrected chi connectivity index (χ3v) is 8.45. The van der Waals surface area contributed by atoms with Crippen LogP contribution in [0.25, 0.3) is 0 Å². The summed E-state index contributed by atoms with van der Waals surface area (Å²) in [5.74, 6) is 6.83. The van der Waals surface area contributed by atoms with E-state index in [4.69, 9.17) is 4.74 Å². The third kappa shape index (κ3) is 5.45. The van der Waals surface area contributed by atoms with Crippen LogP contribution < -0.4 is 4.74 Å². The Balaban J connectivity index is 2.04. The monoisotopic (exact) mass is 462 g/mol. The number of aliphatic hydroxyl groups excluding tert-OH is 1. The van der Waals surface area contributed by atoms with Gasteiger partial charge >= 0.3 is 0 Å². The van der Waals surface area contributed by atoms with Crippen molar-refractivity contribution in [1.82, 2.24) is 9.21 Å². The van der Waals surface area contributed by atoms with Crippen molar-refractivity contribution in [3.8, 4) is 17.6 Å². The largest absolute Gasteiger partial charge is 0.487 e. The number of ether oxygens (including phenoxy) is 1. The lowest BCUT2D eigenvalue weighted by Crippen LogP contribution is -2.50. The van der Waals surface area contributed by atoms with E-state index < -0.39 is 22.2 Å². The van der Waals surface area contributed by atoms with E-state index >= 15 is 0 Å². The quantitative estimate of drug-likeness (QED) is 0.695. The van der Waals surface area contributed by atoms with Crippen LogP contribution in [0.2, 0.25) is 0 Å². The number of sulfonamides is 1. The first-order valence-corrected chi connectivity index (χ1v) is 12.7. The highest BCUT2D eigenvalue weighted by Gasteiger charge is 2.38. The van der Waals surface area contributed by atoms with E-state index in [1.54, 1.807) is 37.1 Å². The predicted molar refractivity (Wildman–Crippen MR) is 123 cm³/mol. The summed E-state index contributed by atoms with van der Waals surface area (Å²) in [5, 5.41) is 9.71. The standard InChI is InChI=1S/C24H34N2O5S/c1-17-14-26(18(2)16-27)32(29,30)24-12-11-21(10-9-20-7-5-6-8-20)13-22(24)31-23(17)15-25(4)19(3)28/h11-13,17-18,20,23,27H,5-8,14-16H2,1-4H3/t17-,18-,23+/m1/s1. The molecule has 3 rings (SSSR count). The van der Waals surface area contributed by atoms with Gasteiger partial charge in [-0.1, -0.05) is 31.6 Å². The van der Waals surface area contributed by atoms with Crippen LogP contribution in [0.5, 0.6) is 5.75 Å². The molecule has 1 aliphatic heterocycles. The van der Waals surface area contributed by atoms with Crippen molar-refractivity contribution in [1.29, 1.82) is 0 Å². The van der Waals surface area contributed by atoms with Crippen LogP contribution in [0.15, 0.2) is 23.1 Å². The molecule has 7 nitrogen and oxygen atoms in total. The van der Waals surface area contributed by atoms with Crippen LogP contribution in [-0.2, 0) is 14.8 Å². The van der Waals surface area contributed by atoms with Gasteiger partial charge in [-0.3, -0.25) is 4.79 Å². The molecule has 8 heteroatoms. The average Bonchev–Trinajstić information content (AvgIpc) is 3.27. The molecule has 176 valence electrons. The second kappa shape index (κ2) is 10.2. The van der Waals surface area contributed by atoms with E-state index in [1.807, 2.05) is 6.92 Å². The van der Waals surface area contributed by atoms with Crippen LogP contribution in [-0.4, -0.2) is 67.5 Å². The van der Waals surface area contributed by atoms with Gasteiger partial charge in [0.1, 0.15) is 16.7 Å². The first kappa shape index (κ1) is 24.6. The minimum absolute atomic E-state index is 0.0617. The van der Waals surface area contributed by atoms with E-state index in [0.717, 1.165) is 12.8 Å². The molecular weight excluding hydrogens is 428 g/mol. The zero-order valence-corrected chi connectivity index (χ0v) is 20.2. The fourth-order valence-corrected chi connectivity index (χ4v) is 6.00. The molecule has 1 aromatic carbocycles. The van der Waals surface area contributed by atoms with Gasteiger partial charge in [-0.05, 0) is 38.0 Å². The number of aliphatic hydroxyl groups is 1. The van der Waals surface area contributed by atoms with E-state index in [1.165, 1.54) is 24.1 Å². The smallest absolute Gasteiger partial charge is 0.247 e. The Bertz CT molecular complexity index is 991. The number of benzene rings is 1. The summed E-state index contributed by atoms with van der Waals surface area (Å²) in [6, 6.07) is 4.37. The molecule has 0 spiro atoms. The number of hydrogen-bond donors (Lipinski definition) is 1. The SMILES string of the molecule is CC(=O)N(C)C[C@@H]1Oc2cc(C#CC3CCCC3)ccc2S(=O)(=O)N([C@H](C)CO)C[C@H]1C. The number of nitrogens with zero attached hydrogens (tertiary/aromatic N) is 2. The molecule has 2 aliphatic rings. The predicted octanol–water partition coefficient (Wildman–Crippen LogP) is 2.48. The molecule has 1 N–H and O–H groups in total. The number of rotatable bonds is 4. The number of likely N-dealkylation sites (N-methyl/N-ethyl adjacent to an activating group) is 1. The second-order valence-corrected chi connectivity index (χ2v) is 10.9. The Kier molecular flexibility index (Phi) is 7.86. The summed E-state index contributed by atoms with van der Waals surface area (Å²) < 4.78 is 34.5. The van der Waals surface area contributed by atoms with Gasteiger partial charge in [0.25, 0.3) is 0 Å². The molecular formula is C24H34N2O5S. The Morgan fingerprint density at radius 3 is 2.66 bits per heavy atom. The van der Waals surface area contributed by atoms with Crippen molar-refractivity contribution in [2.24, 2.45) is 11.8 Å². The summed E-state index contributed by atoms with van der Waals surface area (Å²) in [6.07, 6.45) is 4.20. The van der Waals surface area contributed by atoms with Crippen LogP contribution in [0.1, 0.15) is 52.0 Å².